The van der Waals surface area contributed by atoms with Gasteiger partial charge in [-0.3, -0.25) is 4.79 Å². The second-order valence-electron chi connectivity index (χ2n) is 4.48. The normalized spacial score (nSPS) is 10.7. The van der Waals surface area contributed by atoms with Crippen LogP contribution in [0.2, 0.25) is 0 Å². The van der Waals surface area contributed by atoms with Crippen molar-refractivity contribution in [3.63, 3.8) is 0 Å². The molecule has 3 heteroatoms. The van der Waals surface area contributed by atoms with Gasteiger partial charge in [0.25, 0.3) is 0 Å². The van der Waals surface area contributed by atoms with Gasteiger partial charge in [-0.15, -0.1) is 0 Å². The Hall–Kier alpha value is -2.00. The fourth-order valence-corrected chi connectivity index (χ4v) is 2.77. The first-order valence-corrected chi connectivity index (χ1v) is 6.93. The molecule has 20 heavy (non-hydrogen) atoms. The zero-order valence-electron chi connectivity index (χ0n) is 10.4. The van der Waals surface area contributed by atoms with Crippen molar-refractivity contribution in [3.8, 4) is 0 Å². The molecule has 0 amide bonds. The molecule has 0 aliphatic heterocycles. The lowest BCUT2D eigenvalue weighted by Crippen LogP contribution is -2.03. The number of carbonyl (C=O) groups is 1. The van der Waals surface area contributed by atoms with Gasteiger partial charge in [-0.2, -0.15) is 0 Å². The molecule has 3 aromatic carbocycles. The van der Waals surface area contributed by atoms with Crippen LogP contribution in [0.3, 0.4) is 0 Å². The van der Waals surface area contributed by atoms with Gasteiger partial charge in [0, 0.05) is 15.6 Å². The number of fused-ring (bicyclic) bond motifs is 1. The van der Waals surface area contributed by atoms with Gasteiger partial charge in [0.2, 0.25) is 0 Å². The van der Waals surface area contributed by atoms with Crippen molar-refractivity contribution in [1.82, 2.24) is 0 Å². The van der Waals surface area contributed by atoms with Crippen LogP contribution < -0.4 is 0 Å². The highest BCUT2D eigenvalue weighted by Crippen LogP contribution is 2.25. The van der Waals surface area contributed by atoms with Crippen molar-refractivity contribution in [2.45, 2.75) is 0 Å². The molecule has 0 radical (unpaired) electrons. The fraction of sp³-hybridized carbons (Fsp3) is 0. The quantitative estimate of drug-likeness (QED) is 0.607. The lowest BCUT2D eigenvalue weighted by molar-refractivity contribution is 0.103. The highest BCUT2D eigenvalue weighted by atomic mass is 79.9. The summed E-state index contributed by atoms with van der Waals surface area (Å²) in [5.41, 5.74) is 1.08. The minimum absolute atomic E-state index is 0.117. The number of benzene rings is 3. The molecule has 3 rings (SSSR count). The van der Waals surface area contributed by atoms with E-state index < -0.39 is 0 Å². The molecular formula is C17H10BrFO. The summed E-state index contributed by atoms with van der Waals surface area (Å²) in [6, 6.07) is 17.4. The summed E-state index contributed by atoms with van der Waals surface area (Å²) in [7, 11) is 0. The first-order valence-electron chi connectivity index (χ1n) is 6.14. The summed E-state index contributed by atoms with van der Waals surface area (Å²) in [5.74, 6) is -0.486. The number of hydrogen-bond donors (Lipinski definition) is 0. The first-order chi connectivity index (χ1) is 9.66. The smallest absolute Gasteiger partial charge is 0.194 e. The zero-order valence-corrected chi connectivity index (χ0v) is 12.0. The number of carbonyl (C=O) groups excluding carboxylic acids is 1. The highest BCUT2D eigenvalue weighted by molar-refractivity contribution is 9.10. The van der Waals surface area contributed by atoms with Crippen LogP contribution in [0.25, 0.3) is 10.8 Å². The van der Waals surface area contributed by atoms with E-state index >= 15 is 0 Å². The maximum absolute atomic E-state index is 13.1. The maximum Gasteiger partial charge on any atom is 0.194 e. The second kappa shape index (κ2) is 5.17. The molecule has 0 heterocycles. The maximum atomic E-state index is 13.1. The van der Waals surface area contributed by atoms with Crippen molar-refractivity contribution >= 4 is 32.5 Å². The van der Waals surface area contributed by atoms with Crippen LogP contribution in [0.15, 0.2) is 65.1 Å². The molecule has 0 fully saturated rings. The molecule has 0 atom stereocenters. The molecule has 0 aromatic heterocycles. The van der Waals surface area contributed by atoms with E-state index in [4.69, 9.17) is 0 Å². The van der Waals surface area contributed by atoms with Gasteiger partial charge < -0.3 is 0 Å². The van der Waals surface area contributed by atoms with Gasteiger partial charge in [-0.1, -0.05) is 42.5 Å². The van der Waals surface area contributed by atoms with E-state index in [1.165, 1.54) is 18.2 Å². The van der Waals surface area contributed by atoms with Gasteiger partial charge >= 0.3 is 0 Å². The summed E-state index contributed by atoms with van der Waals surface area (Å²) in [6.07, 6.45) is 0. The predicted molar refractivity (Wildman–Crippen MR) is 81.5 cm³/mol. The lowest BCUT2D eigenvalue weighted by atomic mass is 9.97. The molecular weight excluding hydrogens is 319 g/mol. The van der Waals surface area contributed by atoms with Crippen LogP contribution in [-0.4, -0.2) is 5.78 Å². The van der Waals surface area contributed by atoms with E-state index in [1.807, 2.05) is 36.4 Å². The van der Waals surface area contributed by atoms with E-state index in [2.05, 4.69) is 15.9 Å². The van der Waals surface area contributed by atoms with E-state index in [1.54, 1.807) is 6.07 Å². The van der Waals surface area contributed by atoms with Gasteiger partial charge in [-0.25, -0.2) is 4.39 Å². The molecule has 98 valence electrons. The molecule has 0 N–H and O–H groups in total. The molecule has 0 saturated heterocycles. The van der Waals surface area contributed by atoms with Crippen LogP contribution in [-0.2, 0) is 0 Å². The average Bonchev–Trinajstić information content (AvgIpc) is 2.46. The largest absolute Gasteiger partial charge is 0.289 e. The molecule has 0 spiro atoms. The standard InChI is InChI=1S/C17H10BrFO/c18-16-10-12(19)8-9-15(16)17(20)14-7-3-5-11-4-1-2-6-13(11)14/h1-10H. The van der Waals surface area contributed by atoms with Crippen LogP contribution in [0.1, 0.15) is 15.9 Å². The summed E-state index contributed by atoms with van der Waals surface area (Å²) < 4.78 is 13.6. The van der Waals surface area contributed by atoms with Gasteiger partial charge in [-0.05, 0) is 44.9 Å². The molecule has 0 aliphatic carbocycles. The summed E-state index contributed by atoms with van der Waals surface area (Å²) in [4.78, 5) is 12.6. The SMILES string of the molecule is O=C(c1ccc(F)cc1Br)c1cccc2ccccc12. The van der Waals surface area contributed by atoms with Gasteiger partial charge in [0.15, 0.2) is 5.78 Å². The molecule has 1 nitrogen and oxygen atoms in total. The predicted octanol–water partition coefficient (Wildman–Crippen LogP) is 4.97. The van der Waals surface area contributed by atoms with Crippen molar-refractivity contribution < 1.29 is 9.18 Å². The number of hydrogen-bond acceptors (Lipinski definition) is 1. The Balaban J connectivity index is 2.18. The molecule has 0 aliphatic rings. The fourth-order valence-electron chi connectivity index (χ4n) is 2.24. The summed E-state index contributed by atoms with van der Waals surface area (Å²) >= 11 is 3.25. The molecule has 0 bridgehead atoms. The van der Waals surface area contributed by atoms with Gasteiger partial charge in [0.05, 0.1) is 0 Å². The Morgan fingerprint density at radius 3 is 2.45 bits per heavy atom. The van der Waals surface area contributed by atoms with E-state index in [0.717, 1.165) is 10.8 Å². The topological polar surface area (TPSA) is 17.1 Å². The van der Waals surface area contributed by atoms with E-state index in [-0.39, 0.29) is 11.6 Å². The van der Waals surface area contributed by atoms with Crippen LogP contribution in [0.4, 0.5) is 4.39 Å². The van der Waals surface area contributed by atoms with Crippen LogP contribution in [0, 0.1) is 5.82 Å². The van der Waals surface area contributed by atoms with Crippen molar-refractivity contribution in [2.75, 3.05) is 0 Å². The minimum atomic E-state index is -0.369. The molecule has 0 unspecified atom stereocenters. The monoisotopic (exact) mass is 328 g/mol. The lowest BCUT2D eigenvalue weighted by Gasteiger charge is -2.07. The van der Waals surface area contributed by atoms with E-state index in [0.29, 0.717) is 15.6 Å². The van der Waals surface area contributed by atoms with Gasteiger partial charge in [0.1, 0.15) is 5.82 Å². The molecule has 0 saturated carbocycles. The Morgan fingerprint density at radius 1 is 0.900 bits per heavy atom. The first kappa shape index (κ1) is 13.0. The number of ketones is 1. The van der Waals surface area contributed by atoms with Crippen LogP contribution >= 0.6 is 15.9 Å². The Labute approximate surface area is 124 Å². The third-order valence-electron chi connectivity index (χ3n) is 3.21. The van der Waals surface area contributed by atoms with Crippen molar-refractivity contribution in [2.24, 2.45) is 0 Å². The third-order valence-corrected chi connectivity index (χ3v) is 3.87. The Kier molecular flexibility index (Phi) is 3.36. The average molecular weight is 329 g/mol. The Bertz CT molecular complexity index is 806. The van der Waals surface area contributed by atoms with Crippen molar-refractivity contribution in [3.05, 3.63) is 82.1 Å². The highest BCUT2D eigenvalue weighted by Gasteiger charge is 2.15. The second-order valence-corrected chi connectivity index (χ2v) is 5.33. The van der Waals surface area contributed by atoms with E-state index in [9.17, 15) is 9.18 Å². The molecule has 3 aromatic rings. The minimum Gasteiger partial charge on any atom is -0.289 e. The Morgan fingerprint density at radius 2 is 1.65 bits per heavy atom. The summed E-state index contributed by atoms with van der Waals surface area (Å²) in [5, 5.41) is 1.91. The third kappa shape index (κ3) is 2.25. The summed E-state index contributed by atoms with van der Waals surface area (Å²) in [6.45, 7) is 0. The number of halogens is 2. The van der Waals surface area contributed by atoms with Crippen molar-refractivity contribution in [1.29, 1.82) is 0 Å². The number of rotatable bonds is 2. The zero-order chi connectivity index (χ0) is 14.1. The van der Waals surface area contributed by atoms with Crippen LogP contribution in [0.5, 0.6) is 0 Å².